The molecule has 0 aromatic carbocycles. The predicted octanol–water partition coefficient (Wildman–Crippen LogP) is 4.62. The van der Waals surface area contributed by atoms with Crippen LogP contribution in [0.15, 0.2) is 12.1 Å². The first-order valence-electron chi connectivity index (χ1n) is 7.60. The van der Waals surface area contributed by atoms with Gasteiger partial charge in [-0.25, -0.2) is 0 Å². The lowest BCUT2D eigenvalue weighted by Crippen LogP contribution is -2.25. The Morgan fingerprint density at radius 3 is 2.33 bits per heavy atom. The maximum Gasteiger partial charge on any atom is 0.0299 e. The predicted molar refractivity (Wildman–Crippen MR) is 81.1 cm³/mol. The molecule has 1 N–H and O–H groups in total. The van der Waals surface area contributed by atoms with Crippen molar-refractivity contribution >= 4 is 11.3 Å². The van der Waals surface area contributed by atoms with Gasteiger partial charge in [-0.05, 0) is 49.8 Å². The average molecular weight is 265 g/mol. The van der Waals surface area contributed by atoms with Gasteiger partial charge in [-0.2, -0.15) is 0 Å². The van der Waals surface area contributed by atoms with Gasteiger partial charge >= 0.3 is 0 Å². The van der Waals surface area contributed by atoms with Crippen molar-refractivity contribution in [1.82, 2.24) is 5.32 Å². The van der Waals surface area contributed by atoms with Gasteiger partial charge in [-0.3, -0.25) is 0 Å². The van der Waals surface area contributed by atoms with Crippen molar-refractivity contribution in [2.24, 2.45) is 11.8 Å². The highest BCUT2D eigenvalue weighted by Gasteiger charge is 2.19. The lowest BCUT2D eigenvalue weighted by atomic mass is 9.81. The topological polar surface area (TPSA) is 12.0 Å². The van der Waals surface area contributed by atoms with Crippen LogP contribution in [0.1, 0.15) is 55.7 Å². The zero-order valence-corrected chi connectivity index (χ0v) is 12.7. The molecule has 1 saturated carbocycles. The molecule has 18 heavy (non-hydrogen) atoms. The van der Waals surface area contributed by atoms with Crippen molar-refractivity contribution in [2.75, 3.05) is 6.54 Å². The van der Waals surface area contributed by atoms with E-state index in [1.54, 1.807) is 0 Å². The fourth-order valence-corrected chi connectivity index (χ4v) is 3.88. The van der Waals surface area contributed by atoms with Crippen molar-refractivity contribution in [2.45, 2.75) is 58.9 Å². The Morgan fingerprint density at radius 2 is 1.72 bits per heavy atom. The molecule has 1 heterocycles. The van der Waals surface area contributed by atoms with Crippen LogP contribution in [0.2, 0.25) is 0 Å². The SMILES string of the molecule is CCc1ccc(CNCC2CCC(CC)CC2)s1. The van der Waals surface area contributed by atoms with Crippen molar-refractivity contribution in [3.8, 4) is 0 Å². The Morgan fingerprint density at radius 1 is 1.06 bits per heavy atom. The summed E-state index contributed by atoms with van der Waals surface area (Å²) in [5.74, 6) is 1.95. The molecule has 0 saturated heterocycles. The van der Waals surface area contributed by atoms with E-state index in [-0.39, 0.29) is 0 Å². The van der Waals surface area contributed by atoms with E-state index < -0.39 is 0 Å². The molecule has 1 nitrogen and oxygen atoms in total. The summed E-state index contributed by atoms with van der Waals surface area (Å²) in [7, 11) is 0. The van der Waals surface area contributed by atoms with Gasteiger partial charge in [0.25, 0.3) is 0 Å². The maximum atomic E-state index is 3.65. The Kier molecular flexibility index (Phi) is 5.71. The van der Waals surface area contributed by atoms with Gasteiger partial charge in [0.1, 0.15) is 0 Å². The van der Waals surface area contributed by atoms with Gasteiger partial charge in [0.05, 0.1) is 0 Å². The van der Waals surface area contributed by atoms with E-state index in [2.05, 4.69) is 31.3 Å². The molecule has 0 spiro atoms. The van der Waals surface area contributed by atoms with E-state index in [0.29, 0.717) is 0 Å². The molecule has 1 aromatic rings. The number of aryl methyl sites for hydroxylation is 1. The van der Waals surface area contributed by atoms with Crippen LogP contribution in [0.3, 0.4) is 0 Å². The summed E-state index contributed by atoms with van der Waals surface area (Å²) in [6, 6.07) is 4.55. The normalized spacial score (nSPS) is 24.3. The second kappa shape index (κ2) is 7.30. The van der Waals surface area contributed by atoms with E-state index in [1.807, 2.05) is 11.3 Å². The quantitative estimate of drug-likeness (QED) is 0.791. The van der Waals surface area contributed by atoms with Gasteiger partial charge in [0, 0.05) is 16.3 Å². The second-order valence-corrected chi connectivity index (χ2v) is 6.90. The van der Waals surface area contributed by atoms with Crippen molar-refractivity contribution in [1.29, 1.82) is 0 Å². The zero-order chi connectivity index (χ0) is 12.8. The second-order valence-electron chi connectivity index (χ2n) is 5.65. The lowest BCUT2D eigenvalue weighted by molar-refractivity contribution is 0.262. The average Bonchev–Trinajstić information content (AvgIpc) is 2.87. The molecule has 1 aliphatic carbocycles. The molecule has 0 radical (unpaired) electrons. The molecular formula is C16H27NS. The van der Waals surface area contributed by atoms with Gasteiger partial charge in [-0.15, -0.1) is 11.3 Å². The molecule has 1 fully saturated rings. The van der Waals surface area contributed by atoms with E-state index in [1.165, 1.54) is 54.8 Å². The van der Waals surface area contributed by atoms with Crippen LogP contribution in [0.25, 0.3) is 0 Å². The van der Waals surface area contributed by atoms with E-state index in [4.69, 9.17) is 0 Å². The molecule has 102 valence electrons. The van der Waals surface area contributed by atoms with Crippen LogP contribution < -0.4 is 5.32 Å². The molecule has 0 atom stereocenters. The van der Waals surface area contributed by atoms with Crippen LogP contribution in [0, 0.1) is 11.8 Å². The highest BCUT2D eigenvalue weighted by Crippen LogP contribution is 2.30. The minimum absolute atomic E-state index is 0.929. The largest absolute Gasteiger partial charge is 0.312 e. The molecule has 0 unspecified atom stereocenters. The molecule has 1 aliphatic rings. The maximum absolute atomic E-state index is 3.65. The first-order valence-corrected chi connectivity index (χ1v) is 8.41. The van der Waals surface area contributed by atoms with Gasteiger partial charge in [-0.1, -0.05) is 33.1 Å². The minimum atomic E-state index is 0.929. The lowest BCUT2D eigenvalue weighted by Gasteiger charge is -2.27. The number of hydrogen-bond acceptors (Lipinski definition) is 2. The summed E-state index contributed by atoms with van der Waals surface area (Å²) in [6.07, 6.45) is 8.36. The minimum Gasteiger partial charge on any atom is -0.312 e. The van der Waals surface area contributed by atoms with Crippen molar-refractivity contribution in [3.63, 3.8) is 0 Å². The van der Waals surface area contributed by atoms with Gasteiger partial charge in [0.2, 0.25) is 0 Å². The fraction of sp³-hybridized carbons (Fsp3) is 0.750. The first kappa shape index (κ1) is 14.1. The van der Waals surface area contributed by atoms with E-state index in [0.717, 1.165) is 18.4 Å². The monoisotopic (exact) mass is 265 g/mol. The molecule has 1 aromatic heterocycles. The van der Waals surface area contributed by atoms with Crippen molar-refractivity contribution in [3.05, 3.63) is 21.9 Å². The first-order chi connectivity index (χ1) is 8.81. The van der Waals surface area contributed by atoms with Crippen LogP contribution in [0.4, 0.5) is 0 Å². The standard InChI is InChI=1S/C16H27NS/c1-3-13-5-7-14(8-6-13)11-17-12-16-10-9-15(4-2)18-16/h9-10,13-14,17H,3-8,11-12H2,1-2H3. The Bertz CT molecular complexity index is 337. The summed E-state index contributed by atoms with van der Waals surface area (Å²) < 4.78 is 0. The summed E-state index contributed by atoms with van der Waals surface area (Å²) in [4.78, 5) is 3.00. The third-order valence-corrected chi connectivity index (χ3v) is 5.57. The summed E-state index contributed by atoms with van der Waals surface area (Å²) in [6.45, 7) is 6.86. The Balaban J connectivity index is 1.63. The van der Waals surface area contributed by atoms with E-state index >= 15 is 0 Å². The molecule has 0 bridgehead atoms. The molecular weight excluding hydrogens is 238 g/mol. The van der Waals surface area contributed by atoms with Crippen LogP contribution >= 0.6 is 11.3 Å². The highest BCUT2D eigenvalue weighted by molar-refractivity contribution is 7.11. The number of hydrogen-bond donors (Lipinski definition) is 1. The molecule has 0 aliphatic heterocycles. The molecule has 2 heteroatoms. The van der Waals surface area contributed by atoms with Crippen molar-refractivity contribution < 1.29 is 0 Å². The fourth-order valence-electron chi connectivity index (χ4n) is 2.95. The highest BCUT2D eigenvalue weighted by atomic mass is 32.1. The summed E-state index contributed by atoms with van der Waals surface area (Å²) >= 11 is 1.96. The third kappa shape index (κ3) is 4.10. The Labute approximate surface area is 116 Å². The van der Waals surface area contributed by atoms with Gasteiger partial charge in [0.15, 0.2) is 0 Å². The van der Waals surface area contributed by atoms with Gasteiger partial charge < -0.3 is 5.32 Å². The zero-order valence-electron chi connectivity index (χ0n) is 11.9. The van der Waals surface area contributed by atoms with Crippen LogP contribution in [-0.2, 0) is 13.0 Å². The molecule has 2 rings (SSSR count). The molecule has 0 amide bonds. The number of thiophene rings is 1. The number of rotatable bonds is 6. The third-order valence-electron chi connectivity index (χ3n) is 4.34. The van der Waals surface area contributed by atoms with Crippen LogP contribution in [0.5, 0.6) is 0 Å². The summed E-state index contributed by atoms with van der Waals surface area (Å²) in [5, 5.41) is 3.65. The Hall–Kier alpha value is -0.340. The summed E-state index contributed by atoms with van der Waals surface area (Å²) in [5.41, 5.74) is 0. The smallest absolute Gasteiger partial charge is 0.0299 e. The van der Waals surface area contributed by atoms with Crippen LogP contribution in [-0.4, -0.2) is 6.54 Å². The number of nitrogens with one attached hydrogen (secondary N) is 1. The van der Waals surface area contributed by atoms with E-state index in [9.17, 15) is 0 Å².